The van der Waals surface area contributed by atoms with Crippen LogP contribution in [0.5, 0.6) is 0 Å². The third-order valence-corrected chi connectivity index (χ3v) is 10.2. The SMILES string of the molecule is Cc1ccc(S(=O)(=O)N=C(CN2CCOCC2)N2CCCN(S(=O)(=O)c3ccc(C)cc3)[C@@H]2C(C)C)cc1. The van der Waals surface area contributed by atoms with Crippen molar-refractivity contribution in [3.8, 4) is 0 Å². The third kappa shape index (κ3) is 6.45. The summed E-state index contributed by atoms with van der Waals surface area (Å²) in [5.74, 6) is 0.238. The molecule has 2 aliphatic rings. The van der Waals surface area contributed by atoms with E-state index in [-0.39, 0.29) is 22.3 Å². The van der Waals surface area contributed by atoms with Gasteiger partial charge in [-0.2, -0.15) is 12.7 Å². The second kappa shape index (κ2) is 11.8. The lowest BCUT2D eigenvalue weighted by Crippen LogP contribution is -2.61. The molecule has 2 saturated heterocycles. The average Bonchev–Trinajstić information content (AvgIpc) is 2.89. The molecule has 11 heteroatoms. The van der Waals surface area contributed by atoms with Gasteiger partial charge in [-0.3, -0.25) is 4.90 Å². The molecule has 0 aromatic heterocycles. The molecule has 2 fully saturated rings. The van der Waals surface area contributed by atoms with E-state index in [2.05, 4.69) is 9.30 Å². The van der Waals surface area contributed by atoms with E-state index in [0.29, 0.717) is 51.6 Å². The van der Waals surface area contributed by atoms with Gasteiger partial charge in [0.05, 0.1) is 35.7 Å². The Kier molecular flexibility index (Phi) is 8.93. The molecule has 0 unspecified atom stereocenters. The zero-order valence-corrected chi connectivity index (χ0v) is 24.2. The Labute approximate surface area is 227 Å². The molecule has 208 valence electrons. The molecule has 0 bridgehead atoms. The summed E-state index contributed by atoms with van der Waals surface area (Å²) < 4.78 is 65.9. The van der Waals surface area contributed by atoms with Crippen molar-refractivity contribution in [2.75, 3.05) is 45.9 Å². The highest BCUT2D eigenvalue weighted by Gasteiger charge is 2.41. The number of amidine groups is 1. The van der Waals surface area contributed by atoms with Crippen LogP contribution in [0.1, 0.15) is 31.4 Å². The fourth-order valence-electron chi connectivity index (χ4n) is 4.93. The zero-order chi connectivity index (χ0) is 27.5. The molecule has 2 aromatic carbocycles. The number of hydrogen-bond acceptors (Lipinski definition) is 6. The van der Waals surface area contributed by atoms with Crippen LogP contribution >= 0.6 is 0 Å². The summed E-state index contributed by atoms with van der Waals surface area (Å²) in [7, 11) is -7.83. The molecule has 1 atom stereocenters. The summed E-state index contributed by atoms with van der Waals surface area (Å²) in [6, 6.07) is 13.5. The van der Waals surface area contributed by atoms with E-state index in [0.717, 1.165) is 11.1 Å². The Balaban J connectivity index is 1.76. The molecule has 38 heavy (non-hydrogen) atoms. The summed E-state index contributed by atoms with van der Waals surface area (Å²) >= 11 is 0. The molecule has 0 saturated carbocycles. The van der Waals surface area contributed by atoms with Gasteiger partial charge in [0, 0.05) is 26.2 Å². The number of aryl methyl sites for hydroxylation is 2. The molecule has 0 spiro atoms. The van der Waals surface area contributed by atoms with Crippen molar-refractivity contribution in [1.29, 1.82) is 0 Å². The highest BCUT2D eigenvalue weighted by Crippen LogP contribution is 2.29. The minimum absolute atomic E-state index is 0.116. The van der Waals surface area contributed by atoms with Crippen molar-refractivity contribution in [1.82, 2.24) is 14.1 Å². The largest absolute Gasteiger partial charge is 0.379 e. The fraction of sp³-hybridized carbons (Fsp3) is 0.519. The first-order chi connectivity index (χ1) is 18.0. The lowest BCUT2D eigenvalue weighted by molar-refractivity contribution is 0.0396. The van der Waals surface area contributed by atoms with Crippen LogP contribution < -0.4 is 0 Å². The minimum Gasteiger partial charge on any atom is -0.379 e. The first-order valence-electron chi connectivity index (χ1n) is 13.0. The highest BCUT2D eigenvalue weighted by atomic mass is 32.2. The second-order valence-corrected chi connectivity index (χ2v) is 13.8. The molecule has 0 radical (unpaired) electrons. The molecule has 0 N–H and O–H groups in total. The number of sulfonamides is 2. The maximum Gasteiger partial charge on any atom is 0.283 e. The molecule has 2 aliphatic heterocycles. The van der Waals surface area contributed by atoms with Gasteiger partial charge in [0.1, 0.15) is 5.84 Å². The second-order valence-electron chi connectivity index (χ2n) is 10.3. The monoisotopic (exact) mass is 562 g/mol. The quantitative estimate of drug-likeness (QED) is 0.378. The van der Waals surface area contributed by atoms with Crippen molar-refractivity contribution in [2.24, 2.45) is 10.3 Å². The lowest BCUT2D eigenvalue weighted by Gasteiger charge is -2.47. The molecular weight excluding hydrogens is 524 g/mol. The zero-order valence-electron chi connectivity index (χ0n) is 22.6. The number of nitrogens with zero attached hydrogens (tertiary/aromatic N) is 4. The van der Waals surface area contributed by atoms with Crippen LogP contribution in [0, 0.1) is 19.8 Å². The van der Waals surface area contributed by atoms with Crippen molar-refractivity contribution in [2.45, 2.75) is 50.1 Å². The Morgan fingerprint density at radius 2 is 1.42 bits per heavy atom. The topological polar surface area (TPSA) is 99.6 Å². The minimum atomic E-state index is -4.01. The number of rotatable bonds is 7. The van der Waals surface area contributed by atoms with Gasteiger partial charge in [-0.25, -0.2) is 8.42 Å². The maximum atomic E-state index is 13.8. The van der Waals surface area contributed by atoms with Crippen LogP contribution in [-0.4, -0.2) is 88.9 Å². The average molecular weight is 563 g/mol. The van der Waals surface area contributed by atoms with Gasteiger partial charge in [-0.15, -0.1) is 4.40 Å². The van der Waals surface area contributed by atoms with Crippen LogP contribution in [0.3, 0.4) is 0 Å². The lowest BCUT2D eigenvalue weighted by atomic mass is 10.1. The summed E-state index contributed by atoms with van der Waals surface area (Å²) in [4.78, 5) is 4.35. The first kappa shape index (κ1) is 28.7. The van der Waals surface area contributed by atoms with E-state index in [4.69, 9.17) is 4.74 Å². The standard InChI is InChI=1S/C27H38N4O5S2/c1-21(2)27-30(14-5-15-31(27)38(34,35)25-12-8-23(4)9-13-25)26(20-29-16-18-36-19-17-29)28-37(32,33)24-10-6-22(3)7-11-24/h6-13,21,27H,5,14-20H2,1-4H3/t27-/m1/s1. The van der Waals surface area contributed by atoms with Crippen LogP contribution in [-0.2, 0) is 24.8 Å². The molecule has 4 rings (SSSR count). The number of morpholine rings is 1. The van der Waals surface area contributed by atoms with Gasteiger partial charge < -0.3 is 9.64 Å². The maximum absolute atomic E-state index is 13.8. The Bertz CT molecular complexity index is 1330. The van der Waals surface area contributed by atoms with Crippen molar-refractivity contribution in [3.05, 3.63) is 59.7 Å². The number of ether oxygens (including phenoxy) is 1. The van der Waals surface area contributed by atoms with E-state index in [1.165, 1.54) is 4.31 Å². The smallest absolute Gasteiger partial charge is 0.283 e. The van der Waals surface area contributed by atoms with Crippen molar-refractivity contribution >= 4 is 25.9 Å². The Hall–Kier alpha value is -2.31. The Morgan fingerprint density at radius 3 is 1.97 bits per heavy atom. The van der Waals surface area contributed by atoms with Crippen LogP contribution in [0.4, 0.5) is 0 Å². The fourth-order valence-corrected chi connectivity index (χ4v) is 7.72. The number of hydrogen-bond donors (Lipinski definition) is 0. The van der Waals surface area contributed by atoms with E-state index in [9.17, 15) is 16.8 Å². The van der Waals surface area contributed by atoms with Crippen LogP contribution in [0.15, 0.2) is 62.7 Å². The molecular formula is C27H38N4O5S2. The van der Waals surface area contributed by atoms with Crippen molar-refractivity contribution in [3.63, 3.8) is 0 Å². The van der Waals surface area contributed by atoms with Crippen molar-refractivity contribution < 1.29 is 21.6 Å². The summed E-state index contributed by atoms with van der Waals surface area (Å²) in [5, 5.41) is 0. The summed E-state index contributed by atoms with van der Waals surface area (Å²) in [6.45, 7) is 11.3. The van der Waals surface area contributed by atoms with E-state index < -0.39 is 26.2 Å². The van der Waals surface area contributed by atoms with E-state index in [1.807, 2.05) is 32.6 Å². The van der Waals surface area contributed by atoms with Crippen LogP contribution in [0.25, 0.3) is 0 Å². The van der Waals surface area contributed by atoms with Gasteiger partial charge in [-0.1, -0.05) is 49.2 Å². The van der Waals surface area contributed by atoms with Gasteiger partial charge in [0.15, 0.2) is 0 Å². The van der Waals surface area contributed by atoms with Gasteiger partial charge in [-0.05, 0) is 50.5 Å². The first-order valence-corrected chi connectivity index (χ1v) is 15.9. The van der Waals surface area contributed by atoms with Gasteiger partial charge in [0.25, 0.3) is 10.0 Å². The number of benzene rings is 2. The summed E-state index contributed by atoms with van der Waals surface area (Å²) in [5.41, 5.74) is 1.93. The molecule has 2 aromatic rings. The van der Waals surface area contributed by atoms with E-state index >= 15 is 0 Å². The van der Waals surface area contributed by atoms with Gasteiger partial charge in [0.2, 0.25) is 10.0 Å². The molecule has 9 nitrogen and oxygen atoms in total. The predicted molar refractivity (Wildman–Crippen MR) is 148 cm³/mol. The van der Waals surface area contributed by atoms with E-state index in [1.54, 1.807) is 48.5 Å². The third-order valence-electron chi connectivity index (χ3n) is 6.96. The highest BCUT2D eigenvalue weighted by molar-refractivity contribution is 7.90. The van der Waals surface area contributed by atoms with Crippen LogP contribution in [0.2, 0.25) is 0 Å². The molecule has 0 aliphatic carbocycles. The summed E-state index contributed by atoms with van der Waals surface area (Å²) in [6.07, 6.45) is -0.0239. The molecule has 0 amide bonds. The molecule has 2 heterocycles. The normalized spacial score (nSPS) is 20.7. The van der Waals surface area contributed by atoms with Gasteiger partial charge >= 0.3 is 0 Å². The predicted octanol–water partition coefficient (Wildman–Crippen LogP) is 3.10. The Morgan fingerprint density at radius 1 is 0.868 bits per heavy atom.